The molecule has 36 heavy (non-hydrogen) atoms. The first-order valence-electron chi connectivity index (χ1n) is 11.3. The van der Waals surface area contributed by atoms with Gasteiger partial charge in [-0.15, -0.1) is 11.3 Å². The third-order valence-electron chi connectivity index (χ3n) is 5.52. The van der Waals surface area contributed by atoms with Crippen molar-refractivity contribution in [3.05, 3.63) is 140 Å². The molecule has 4 nitrogen and oxygen atoms in total. The van der Waals surface area contributed by atoms with Gasteiger partial charge in [-0.05, 0) is 57.3 Å². The molecule has 2 aromatic carbocycles. The van der Waals surface area contributed by atoms with Crippen molar-refractivity contribution in [1.29, 1.82) is 0 Å². The van der Waals surface area contributed by atoms with Crippen molar-refractivity contribution >= 4 is 22.7 Å². The quantitative estimate of drug-likeness (QED) is 0.259. The van der Waals surface area contributed by atoms with Crippen molar-refractivity contribution in [2.24, 2.45) is 0 Å². The van der Waals surface area contributed by atoms with Crippen LogP contribution in [0.25, 0.3) is 44.1 Å². The molecule has 6 rings (SSSR count). The molecule has 176 valence electrons. The van der Waals surface area contributed by atoms with E-state index in [1.54, 1.807) is 34.8 Å². The predicted octanol–water partition coefficient (Wildman–Crippen LogP) is 7.54. The number of rotatable bonds is 4. The van der Waals surface area contributed by atoms with Crippen LogP contribution in [0.1, 0.15) is 0 Å². The van der Waals surface area contributed by atoms with Gasteiger partial charge in [0.2, 0.25) is 11.1 Å². The van der Waals surface area contributed by atoms with E-state index >= 15 is 0 Å². The molecule has 0 bridgehead atoms. The van der Waals surface area contributed by atoms with Crippen molar-refractivity contribution in [2.45, 2.75) is 0 Å². The second-order valence-corrected chi connectivity index (χ2v) is 9.74. The Morgan fingerprint density at radius 1 is 0.500 bits per heavy atom. The third-order valence-corrected chi connectivity index (χ3v) is 7.11. The fraction of sp³-hybridized carbons (Fsp3) is 0. The van der Waals surface area contributed by atoms with Gasteiger partial charge in [0, 0.05) is 28.8 Å². The van der Waals surface area contributed by atoms with Gasteiger partial charge in [-0.1, -0.05) is 66.7 Å². The zero-order chi connectivity index (χ0) is 24.7. The van der Waals surface area contributed by atoms with Gasteiger partial charge in [0.05, 0.1) is 10.6 Å². The molecule has 0 amide bonds. The minimum absolute atomic E-state index is 0.0697. The van der Waals surface area contributed by atoms with Crippen LogP contribution in [0.5, 0.6) is 0 Å². The molecule has 0 spiro atoms. The molecule has 0 fully saturated rings. The predicted molar refractivity (Wildman–Crippen MR) is 152 cm³/mol. The van der Waals surface area contributed by atoms with Crippen LogP contribution >= 0.6 is 22.7 Å². The zero-order valence-electron chi connectivity index (χ0n) is 19.2. The topological polar surface area (TPSA) is 65.7 Å². The molecule has 6 heteroatoms. The summed E-state index contributed by atoms with van der Waals surface area (Å²) in [5.41, 5.74) is 6.65. The lowest BCUT2D eigenvalue weighted by Crippen LogP contribution is -2.05. The Balaban J connectivity index is 0.000000148. The van der Waals surface area contributed by atoms with Gasteiger partial charge < -0.3 is 9.97 Å². The second kappa shape index (κ2) is 11.0. The Morgan fingerprint density at radius 2 is 1.08 bits per heavy atom. The molecule has 0 aliphatic carbocycles. The van der Waals surface area contributed by atoms with Crippen LogP contribution in [-0.2, 0) is 0 Å². The first-order valence-corrected chi connectivity index (χ1v) is 13.1. The monoisotopic (exact) mass is 506 g/mol. The van der Waals surface area contributed by atoms with Crippen LogP contribution < -0.4 is 11.1 Å². The number of aromatic nitrogens is 2. The number of pyridine rings is 2. The largest absolute Gasteiger partial charge is 0.322 e. The normalized spacial score (nSPS) is 10.4. The SMILES string of the molecule is O=c1cc(-c2ccccc2)cc(-c2cccs2)[nH]1.O=c1cc(-c2ccccc2)cc(-c2ccsc2)[nH]1. The molecule has 6 aromatic rings. The molecular formula is C30H22N2O2S2. The van der Waals surface area contributed by atoms with E-state index in [0.717, 1.165) is 44.1 Å². The maximum Gasteiger partial charge on any atom is 0.249 e. The van der Waals surface area contributed by atoms with Gasteiger partial charge in [0.15, 0.2) is 0 Å². The summed E-state index contributed by atoms with van der Waals surface area (Å²) >= 11 is 3.24. The molecule has 0 saturated heterocycles. The average molecular weight is 507 g/mol. The Kier molecular flexibility index (Phi) is 7.17. The minimum Gasteiger partial charge on any atom is -0.322 e. The number of nitrogens with one attached hydrogen (secondary N) is 2. The van der Waals surface area contributed by atoms with Crippen LogP contribution in [0.2, 0.25) is 0 Å². The fourth-order valence-electron chi connectivity index (χ4n) is 3.82. The lowest BCUT2D eigenvalue weighted by molar-refractivity contribution is 1.25. The first kappa shape index (κ1) is 23.5. The van der Waals surface area contributed by atoms with Gasteiger partial charge >= 0.3 is 0 Å². The zero-order valence-corrected chi connectivity index (χ0v) is 20.8. The minimum atomic E-state index is -0.0717. The average Bonchev–Trinajstić information content (AvgIpc) is 3.65. The highest BCUT2D eigenvalue weighted by atomic mass is 32.1. The highest BCUT2D eigenvalue weighted by Crippen LogP contribution is 2.26. The first-order chi connectivity index (χ1) is 17.7. The molecule has 0 atom stereocenters. The maximum atomic E-state index is 11.7. The summed E-state index contributed by atoms with van der Waals surface area (Å²) in [5.74, 6) is 0. The van der Waals surface area contributed by atoms with Crippen LogP contribution in [0.4, 0.5) is 0 Å². The lowest BCUT2D eigenvalue weighted by atomic mass is 10.0. The van der Waals surface area contributed by atoms with Gasteiger partial charge in [-0.3, -0.25) is 9.59 Å². The number of hydrogen-bond donors (Lipinski definition) is 2. The standard InChI is InChI=1S/2C15H11NOS/c17-15-10-12(11-5-2-1-3-6-11)9-13(16-15)14-7-4-8-18-14;17-15-9-13(11-4-2-1-3-5-11)8-14(16-15)12-6-7-18-10-12/h2*1-10H,(H,16,17). The second-order valence-electron chi connectivity index (χ2n) is 8.02. The maximum absolute atomic E-state index is 11.7. The van der Waals surface area contributed by atoms with Crippen LogP contribution in [0.3, 0.4) is 0 Å². The Hall–Kier alpha value is -4.26. The van der Waals surface area contributed by atoms with E-state index in [9.17, 15) is 9.59 Å². The van der Waals surface area contributed by atoms with Gasteiger partial charge in [-0.2, -0.15) is 11.3 Å². The van der Waals surface area contributed by atoms with Crippen molar-refractivity contribution in [2.75, 3.05) is 0 Å². The summed E-state index contributed by atoms with van der Waals surface area (Å²) in [5, 5.41) is 6.03. The highest BCUT2D eigenvalue weighted by Gasteiger charge is 2.05. The van der Waals surface area contributed by atoms with E-state index in [0.29, 0.717) is 0 Å². The molecular weight excluding hydrogens is 484 g/mol. The van der Waals surface area contributed by atoms with Gasteiger partial charge in [0.1, 0.15) is 0 Å². The van der Waals surface area contributed by atoms with Crippen molar-refractivity contribution in [1.82, 2.24) is 9.97 Å². The number of thiophene rings is 2. The van der Waals surface area contributed by atoms with E-state index < -0.39 is 0 Å². The van der Waals surface area contributed by atoms with E-state index in [2.05, 4.69) is 9.97 Å². The number of aromatic amines is 2. The van der Waals surface area contributed by atoms with Crippen molar-refractivity contribution in [3.8, 4) is 44.1 Å². The summed E-state index contributed by atoms with van der Waals surface area (Å²) in [4.78, 5) is 30.3. The van der Waals surface area contributed by atoms with E-state index in [4.69, 9.17) is 0 Å². The molecule has 0 aliphatic rings. The molecule has 0 aliphatic heterocycles. The Bertz CT molecular complexity index is 1520. The summed E-state index contributed by atoms with van der Waals surface area (Å²) < 4.78 is 0. The molecule has 4 aromatic heterocycles. The molecule has 2 N–H and O–H groups in total. The van der Waals surface area contributed by atoms with E-state index in [1.165, 1.54) is 0 Å². The van der Waals surface area contributed by atoms with E-state index in [1.807, 2.05) is 107 Å². The number of hydrogen-bond acceptors (Lipinski definition) is 4. The van der Waals surface area contributed by atoms with Crippen LogP contribution in [0, 0.1) is 0 Å². The van der Waals surface area contributed by atoms with Gasteiger partial charge in [0.25, 0.3) is 0 Å². The number of benzene rings is 2. The Morgan fingerprint density at radius 3 is 1.61 bits per heavy atom. The molecule has 0 unspecified atom stereocenters. The lowest BCUT2D eigenvalue weighted by Gasteiger charge is -2.04. The highest BCUT2D eigenvalue weighted by molar-refractivity contribution is 7.13. The summed E-state index contributed by atoms with van der Waals surface area (Å²) in [6.45, 7) is 0. The third kappa shape index (κ3) is 5.68. The summed E-state index contributed by atoms with van der Waals surface area (Å²) in [6, 6.07) is 33.1. The fourth-order valence-corrected chi connectivity index (χ4v) is 5.17. The summed E-state index contributed by atoms with van der Waals surface area (Å²) in [6.07, 6.45) is 0. The Labute approximate surface area is 216 Å². The summed E-state index contributed by atoms with van der Waals surface area (Å²) in [7, 11) is 0. The molecule has 0 radical (unpaired) electrons. The van der Waals surface area contributed by atoms with Crippen molar-refractivity contribution in [3.63, 3.8) is 0 Å². The smallest absolute Gasteiger partial charge is 0.249 e. The van der Waals surface area contributed by atoms with Crippen LogP contribution in [-0.4, -0.2) is 9.97 Å². The van der Waals surface area contributed by atoms with Crippen LogP contribution in [0.15, 0.2) is 129 Å². The van der Waals surface area contributed by atoms with Crippen molar-refractivity contribution < 1.29 is 0 Å². The van der Waals surface area contributed by atoms with Gasteiger partial charge in [-0.25, -0.2) is 0 Å². The molecule has 4 heterocycles. The van der Waals surface area contributed by atoms with E-state index in [-0.39, 0.29) is 11.1 Å². The number of H-pyrrole nitrogens is 2. The molecule has 0 saturated carbocycles.